The minimum atomic E-state index is 0.0670. The summed E-state index contributed by atoms with van der Waals surface area (Å²) in [5.74, 6) is 1.37. The van der Waals surface area contributed by atoms with E-state index in [0.29, 0.717) is 30.1 Å². The number of Topliss-reactive ketones (excluding diaryl/α,β-unsaturated/α-hetero) is 1. The molecule has 0 N–H and O–H groups in total. The summed E-state index contributed by atoms with van der Waals surface area (Å²) in [4.78, 5) is 11.6. The minimum absolute atomic E-state index is 0.0670. The molecule has 0 spiro atoms. The van der Waals surface area contributed by atoms with Gasteiger partial charge in [-0.1, -0.05) is 6.92 Å². The van der Waals surface area contributed by atoms with E-state index in [4.69, 9.17) is 9.47 Å². The van der Waals surface area contributed by atoms with Gasteiger partial charge in [0.15, 0.2) is 5.78 Å². The molecular formula is C12H16O3. The summed E-state index contributed by atoms with van der Waals surface area (Å²) in [6.45, 7) is 4.28. The molecule has 15 heavy (non-hydrogen) atoms. The van der Waals surface area contributed by atoms with Gasteiger partial charge in [0.05, 0.1) is 19.3 Å². The van der Waals surface area contributed by atoms with E-state index in [2.05, 4.69) is 0 Å². The van der Waals surface area contributed by atoms with Crippen LogP contribution < -0.4 is 9.47 Å². The van der Waals surface area contributed by atoms with E-state index in [-0.39, 0.29) is 5.78 Å². The first kappa shape index (κ1) is 11.6. The van der Waals surface area contributed by atoms with Gasteiger partial charge in [-0.3, -0.25) is 4.79 Å². The smallest absolute Gasteiger partial charge is 0.166 e. The third-order valence-corrected chi connectivity index (χ3v) is 2.11. The summed E-state index contributed by atoms with van der Waals surface area (Å²) in [7, 11) is 1.58. The van der Waals surface area contributed by atoms with Crippen LogP contribution in [0.4, 0.5) is 0 Å². The molecule has 0 aromatic heterocycles. The van der Waals surface area contributed by atoms with Crippen LogP contribution in [-0.2, 0) is 0 Å². The molecule has 0 heterocycles. The van der Waals surface area contributed by atoms with E-state index in [0.717, 1.165) is 0 Å². The van der Waals surface area contributed by atoms with Gasteiger partial charge in [0.2, 0.25) is 0 Å². The maximum absolute atomic E-state index is 11.6. The van der Waals surface area contributed by atoms with Gasteiger partial charge in [0.1, 0.15) is 11.5 Å². The van der Waals surface area contributed by atoms with Crippen LogP contribution in [0.25, 0.3) is 0 Å². The predicted molar refractivity (Wildman–Crippen MR) is 58.8 cm³/mol. The Hall–Kier alpha value is -1.51. The standard InChI is InChI=1S/C12H16O3/c1-4-11(13)10-8-9(14-3)6-7-12(10)15-5-2/h6-8H,4-5H2,1-3H3. The first-order valence-corrected chi connectivity index (χ1v) is 5.07. The van der Waals surface area contributed by atoms with E-state index in [1.54, 1.807) is 25.3 Å². The van der Waals surface area contributed by atoms with Gasteiger partial charge in [-0.25, -0.2) is 0 Å². The quantitative estimate of drug-likeness (QED) is 0.698. The lowest BCUT2D eigenvalue weighted by Gasteiger charge is -2.10. The Kier molecular flexibility index (Phi) is 4.16. The number of carbonyl (C=O) groups excluding carboxylic acids is 1. The first-order chi connectivity index (χ1) is 7.22. The third kappa shape index (κ3) is 2.72. The van der Waals surface area contributed by atoms with Crippen LogP contribution in [0.5, 0.6) is 11.5 Å². The topological polar surface area (TPSA) is 35.5 Å². The van der Waals surface area contributed by atoms with Crippen LogP contribution in [0.3, 0.4) is 0 Å². The third-order valence-electron chi connectivity index (χ3n) is 2.11. The van der Waals surface area contributed by atoms with Crippen LogP contribution in [0, 0.1) is 0 Å². The Morgan fingerprint density at radius 2 is 2.07 bits per heavy atom. The Bertz CT molecular complexity index is 345. The Labute approximate surface area is 90.0 Å². The Morgan fingerprint density at radius 3 is 2.60 bits per heavy atom. The van der Waals surface area contributed by atoms with Gasteiger partial charge >= 0.3 is 0 Å². The van der Waals surface area contributed by atoms with Crippen LogP contribution in [0.15, 0.2) is 18.2 Å². The number of carbonyl (C=O) groups is 1. The van der Waals surface area contributed by atoms with Crippen molar-refractivity contribution in [2.45, 2.75) is 20.3 Å². The van der Waals surface area contributed by atoms with Gasteiger partial charge in [-0.15, -0.1) is 0 Å². The van der Waals surface area contributed by atoms with Crippen molar-refractivity contribution in [1.29, 1.82) is 0 Å². The van der Waals surface area contributed by atoms with Crippen LogP contribution in [-0.4, -0.2) is 19.5 Å². The molecule has 0 fully saturated rings. The van der Waals surface area contributed by atoms with Gasteiger partial charge in [0, 0.05) is 6.42 Å². The number of hydrogen-bond acceptors (Lipinski definition) is 3. The highest BCUT2D eigenvalue weighted by Gasteiger charge is 2.11. The lowest BCUT2D eigenvalue weighted by molar-refractivity contribution is 0.0984. The molecule has 0 amide bonds. The van der Waals surface area contributed by atoms with E-state index in [9.17, 15) is 4.79 Å². The molecule has 3 heteroatoms. The molecule has 0 atom stereocenters. The van der Waals surface area contributed by atoms with Crippen molar-refractivity contribution in [2.24, 2.45) is 0 Å². The molecule has 1 aromatic rings. The lowest BCUT2D eigenvalue weighted by Crippen LogP contribution is -2.03. The van der Waals surface area contributed by atoms with Gasteiger partial charge < -0.3 is 9.47 Å². The Morgan fingerprint density at radius 1 is 1.33 bits per heavy atom. The average molecular weight is 208 g/mol. The fourth-order valence-corrected chi connectivity index (χ4v) is 1.33. The largest absolute Gasteiger partial charge is 0.497 e. The predicted octanol–water partition coefficient (Wildman–Crippen LogP) is 2.69. The number of methoxy groups -OCH3 is 1. The zero-order chi connectivity index (χ0) is 11.3. The first-order valence-electron chi connectivity index (χ1n) is 5.07. The molecule has 0 aliphatic rings. The number of benzene rings is 1. The summed E-state index contributed by atoms with van der Waals surface area (Å²) >= 11 is 0. The molecule has 82 valence electrons. The van der Waals surface area contributed by atoms with E-state index in [1.165, 1.54) is 0 Å². The van der Waals surface area contributed by atoms with Crippen LogP contribution in [0.1, 0.15) is 30.6 Å². The molecule has 0 aliphatic carbocycles. The average Bonchev–Trinajstić information content (AvgIpc) is 2.29. The molecule has 1 rings (SSSR count). The summed E-state index contributed by atoms with van der Waals surface area (Å²) < 4.78 is 10.5. The molecular weight excluding hydrogens is 192 g/mol. The second-order valence-electron chi connectivity index (χ2n) is 3.07. The number of hydrogen-bond donors (Lipinski definition) is 0. The fourth-order valence-electron chi connectivity index (χ4n) is 1.33. The van der Waals surface area contributed by atoms with Crippen molar-refractivity contribution in [3.63, 3.8) is 0 Å². The second-order valence-corrected chi connectivity index (χ2v) is 3.07. The van der Waals surface area contributed by atoms with Crippen molar-refractivity contribution >= 4 is 5.78 Å². The summed E-state index contributed by atoms with van der Waals surface area (Å²) in [6.07, 6.45) is 0.466. The van der Waals surface area contributed by atoms with E-state index < -0.39 is 0 Å². The SMILES string of the molecule is CCOc1ccc(OC)cc1C(=O)CC. The summed E-state index contributed by atoms with van der Waals surface area (Å²) in [6, 6.07) is 5.28. The maximum atomic E-state index is 11.6. The van der Waals surface area contributed by atoms with Gasteiger partial charge in [0.25, 0.3) is 0 Å². The number of rotatable bonds is 5. The molecule has 0 aliphatic heterocycles. The fraction of sp³-hybridized carbons (Fsp3) is 0.417. The number of ether oxygens (including phenoxy) is 2. The van der Waals surface area contributed by atoms with Crippen LogP contribution in [0.2, 0.25) is 0 Å². The van der Waals surface area contributed by atoms with E-state index >= 15 is 0 Å². The number of ketones is 1. The van der Waals surface area contributed by atoms with Crippen molar-refractivity contribution < 1.29 is 14.3 Å². The molecule has 0 bridgehead atoms. The zero-order valence-electron chi connectivity index (χ0n) is 9.37. The Balaban J connectivity index is 3.10. The molecule has 3 nitrogen and oxygen atoms in total. The zero-order valence-corrected chi connectivity index (χ0v) is 9.37. The van der Waals surface area contributed by atoms with Gasteiger partial charge in [-0.2, -0.15) is 0 Å². The minimum Gasteiger partial charge on any atom is -0.497 e. The van der Waals surface area contributed by atoms with Crippen molar-refractivity contribution in [1.82, 2.24) is 0 Å². The second kappa shape index (κ2) is 5.39. The molecule has 1 aromatic carbocycles. The lowest BCUT2D eigenvalue weighted by atomic mass is 10.1. The molecule has 0 radical (unpaired) electrons. The van der Waals surface area contributed by atoms with Crippen molar-refractivity contribution in [3.8, 4) is 11.5 Å². The van der Waals surface area contributed by atoms with Crippen LogP contribution >= 0.6 is 0 Å². The molecule has 0 unspecified atom stereocenters. The van der Waals surface area contributed by atoms with E-state index in [1.807, 2.05) is 13.8 Å². The van der Waals surface area contributed by atoms with Gasteiger partial charge in [-0.05, 0) is 25.1 Å². The molecule has 0 saturated heterocycles. The monoisotopic (exact) mass is 208 g/mol. The van der Waals surface area contributed by atoms with Crippen molar-refractivity contribution in [3.05, 3.63) is 23.8 Å². The molecule has 0 saturated carbocycles. The van der Waals surface area contributed by atoms with Crippen molar-refractivity contribution in [2.75, 3.05) is 13.7 Å². The highest BCUT2D eigenvalue weighted by atomic mass is 16.5. The maximum Gasteiger partial charge on any atom is 0.166 e. The summed E-state index contributed by atoms with van der Waals surface area (Å²) in [5, 5.41) is 0. The highest BCUT2D eigenvalue weighted by Crippen LogP contribution is 2.25. The normalized spacial score (nSPS) is 9.80. The summed E-state index contributed by atoms with van der Waals surface area (Å²) in [5.41, 5.74) is 0.596. The highest BCUT2D eigenvalue weighted by molar-refractivity contribution is 5.98.